The summed E-state index contributed by atoms with van der Waals surface area (Å²) in [6.45, 7) is 6.85. The number of hydrogen-bond donors (Lipinski definition) is 1. The second-order valence-corrected chi connectivity index (χ2v) is 11.8. The van der Waals surface area contributed by atoms with Crippen molar-refractivity contribution in [3.8, 4) is 22.8 Å². The van der Waals surface area contributed by atoms with Crippen LogP contribution in [-0.4, -0.2) is 79.1 Å². The van der Waals surface area contributed by atoms with Crippen LogP contribution in [0.15, 0.2) is 48.5 Å². The van der Waals surface area contributed by atoms with Gasteiger partial charge in [-0.15, -0.1) is 0 Å². The number of amides is 1. The molecule has 3 heterocycles. The average Bonchev–Trinajstić information content (AvgIpc) is 3.46. The van der Waals surface area contributed by atoms with Gasteiger partial charge < -0.3 is 29.3 Å². The van der Waals surface area contributed by atoms with Crippen molar-refractivity contribution in [3.63, 3.8) is 0 Å². The summed E-state index contributed by atoms with van der Waals surface area (Å²) in [4.78, 5) is 35.8. The van der Waals surface area contributed by atoms with E-state index in [4.69, 9.17) is 34.1 Å². The summed E-state index contributed by atoms with van der Waals surface area (Å²) < 4.78 is 16.4. The molecule has 4 aromatic rings. The van der Waals surface area contributed by atoms with Gasteiger partial charge in [-0.05, 0) is 69.7 Å². The van der Waals surface area contributed by atoms with E-state index in [-0.39, 0.29) is 6.04 Å². The average molecular weight is 598 g/mol. The number of ether oxygens (including phenoxy) is 3. The first-order valence-electron chi connectivity index (χ1n) is 14.5. The number of para-hydroxylation sites is 1. The molecule has 44 heavy (non-hydrogen) atoms. The third-order valence-electron chi connectivity index (χ3n) is 7.05. The fraction of sp³-hybridized carbons (Fsp3) is 0.364. The number of benzene rings is 2. The topological polar surface area (TPSA) is 115 Å². The molecule has 5 rings (SSSR count). The number of hydrogen-bond acceptors (Lipinski definition) is 10. The summed E-state index contributed by atoms with van der Waals surface area (Å²) in [7, 11) is 7.14. The van der Waals surface area contributed by atoms with Gasteiger partial charge in [-0.2, -0.15) is 0 Å². The van der Waals surface area contributed by atoms with Crippen LogP contribution in [0.4, 0.5) is 16.4 Å². The molecule has 1 aliphatic heterocycles. The Balaban J connectivity index is 1.49. The highest BCUT2D eigenvalue weighted by molar-refractivity contribution is 5.90. The van der Waals surface area contributed by atoms with E-state index in [1.54, 1.807) is 14.2 Å². The Kier molecular flexibility index (Phi) is 8.84. The fourth-order valence-electron chi connectivity index (χ4n) is 5.03. The van der Waals surface area contributed by atoms with Crippen molar-refractivity contribution in [1.29, 1.82) is 0 Å². The molecule has 1 fully saturated rings. The summed E-state index contributed by atoms with van der Waals surface area (Å²) >= 11 is 0. The number of alkyl carbamates (subject to hydrolysis) is 1. The number of carbonyl (C=O) groups is 1. The number of nitrogens with zero attached hydrogens (tertiary/aromatic N) is 6. The molecule has 0 aliphatic carbocycles. The van der Waals surface area contributed by atoms with Gasteiger partial charge in [-0.3, -0.25) is 0 Å². The van der Waals surface area contributed by atoms with Gasteiger partial charge in [0.05, 0.1) is 31.5 Å². The highest BCUT2D eigenvalue weighted by Gasteiger charge is 2.27. The van der Waals surface area contributed by atoms with E-state index in [1.165, 1.54) is 0 Å². The highest BCUT2D eigenvalue weighted by atomic mass is 16.6. The van der Waals surface area contributed by atoms with Crippen LogP contribution in [0, 0.1) is 0 Å². The molecule has 1 atom stereocenters. The van der Waals surface area contributed by atoms with E-state index >= 15 is 0 Å². The molecule has 2 aromatic carbocycles. The first kappa shape index (κ1) is 30.5. The molecule has 11 heteroatoms. The Morgan fingerprint density at radius 3 is 2.39 bits per heavy atom. The predicted octanol–water partition coefficient (Wildman–Crippen LogP) is 5.44. The van der Waals surface area contributed by atoms with E-state index in [2.05, 4.69) is 10.2 Å². The van der Waals surface area contributed by atoms with Crippen LogP contribution in [0.2, 0.25) is 0 Å². The lowest BCUT2D eigenvalue weighted by Crippen LogP contribution is -2.40. The van der Waals surface area contributed by atoms with Crippen molar-refractivity contribution >= 4 is 40.8 Å². The molecule has 0 radical (unpaired) electrons. The van der Waals surface area contributed by atoms with Crippen molar-refractivity contribution < 1.29 is 19.0 Å². The van der Waals surface area contributed by atoms with Gasteiger partial charge in [0.15, 0.2) is 23.1 Å². The maximum absolute atomic E-state index is 12.4. The number of methoxy groups -OCH3 is 2. The first-order chi connectivity index (χ1) is 21.0. The van der Waals surface area contributed by atoms with E-state index in [0.717, 1.165) is 34.5 Å². The van der Waals surface area contributed by atoms with Crippen LogP contribution in [0.1, 0.15) is 38.8 Å². The highest BCUT2D eigenvalue weighted by Crippen LogP contribution is 2.33. The van der Waals surface area contributed by atoms with Crippen molar-refractivity contribution in [2.75, 3.05) is 51.2 Å². The number of aromatic nitrogens is 4. The van der Waals surface area contributed by atoms with Crippen molar-refractivity contribution in [2.45, 2.75) is 38.8 Å². The number of carbonyl (C=O) groups excluding carboxylic acids is 1. The molecule has 0 saturated carbocycles. The van der Waals surface area contributed by atoms with Crippen LogP contribution in [0.5, 0.6) is 11.5 Å². The van der Waals surface area contributed by atoms with Gasteiger partial charge in [-0.1, -0.05) is 12.1 Å². The predicted molar refractivity (Wildman–Crippen MR) is 173 cm³/mol. The molecule has 230 valence electrons. The number of rotatable bonds is 8. The minimum absolute atomic E-state index is 0.0706. The molecule has 1 unspecified atom stereocenters. The van der Waals surface area contributed by atoms with Gasteiger partial charge in [0.1, 0.15) is 17.2 Å². The normalized spacial score (nSPS) is 15.1. The van der Waals surface area contributed by atoms with Crippen LogP contribution < -0.4 is 24.6 Å². The summed E-state index contributed by atoms with van der Waals surface area (Å²) in [6.07, 6.45) is 3.99. The zero-order valence-electron chi connectivity index (χ0n) is 26.3. The molecule has 0 bridgehead atoms. The molecule has 1 saturated heterocycles. The zero-order valence-corrected chi connectivity index (χ0v) is 26.3. The van der Waals surface area contributed by atoms with Crippen LogP contribution in [-0.2, 0) is 4.74 Å². The molecular formula is C33H39N7O4. The molecule has 0 spiro atoms. The maximum atomic E-state index is 12.4. The molecule has 1 amide bonds. The summed E-state index contributed by atoms with van der Waals surface area (Å²) in [5.41, 5.74) is 1.85. The van der Waals surface area contributed by atoms with Gasteiger partial charge in [-0.25, -0.2) is 24.7 Å². The van der Waals surface area contributed by atoms with Gasteiger partial charge in [0.25, 0.3) is 0 Å². The first-order valence-corrected chi connectivity index (χ1v) is 14.5. The van der Waals surface area contributed by atoms with Crippen molar-refractivity contribution in [3.05, 3.63) is 60.2 Å². The SMILES string of the molecule is COc1ccc(-c2cc(N3CCC(NC(=O)OC(C)(C)C)C3)nc(/C=C/c3nc(N(C)C)c4ccccc4n3)n2)cc1OC. The lowest BCUT2D eigenvalue weighted by Gasteiger charge is -2.22. The monoisotopic (exact) mass is 597 g/mol. The number of anilines is 2. The van der Waals surface area contributed by atoms with Crippen LogP contribution >= 0.6 is 0 Å². The Bertz CT molecular complexity index is 1680. The second kappa shape index (κ2) is 12.7. The minimum atomic E-state index is -0.563. The Morgan fingerprint density at radius 1 is 0.955 bits per heavy atom. The Labute approximate surface area is 257 Å². The van der Waals surface area contributed by atoms with E-state index in [1.807, 2.05) is 100 Å². The van der Waals surface area contributed by atoms with Gasteiger partial charge >= 0.3 is 6.09 Å². The molecule has 2 aromatic heterocycles. The van der Waals surface area contributed by atoms with Crippen LogP contribution in [0.25, 0.3) is 34.3 Å². The third kappa shape index (κ3) is 7.16. The smallest absolute Gasteiger partial charge is 0.407 e. The number of nitrogens with one attached hydrogen (secondary N) is 1. The molecule has 1 aliphatic rings. The van der Waals surface area contributed by atoms with Gasteiger partial charge in [0, 0.05) is 44.2 Å². The van der Waals surface area contributed by atoms with Gasteiger partial charge in [0.2, 0.25) is 0 Å². The summed E-state index contributed by atoms with van der Waals surface area (Å²) in [6, 6.07) is 15.5. The van der Waals surface area contributed by atoms with Crippen molar-refractivity contribution in [1.82, 2.24) is 25.3 Å². The zero-order chi connectivity index (χ0) is 31.4. The van der Waals surface area contributed by atoms with E-state index in [0.29, 0.717) is 41.9 Å². The largest absolute Gasteiger partial charge is 0.493 e. The van der Waals surface area contributed by atoms with Crippen molar-refractivity contribution in [2.24, 2.45) is 0 Å². The summed E-state index contributed by atoms with van der Waals surface area (Å²) in [5.74, 6) is 3.86. The summed E-state index contributed by atoms with van der Waals surface area (Å²) in [5, 5.41) is 3.97. The number of fused-ring (bicyclic) bond motifs is 1. The second-order valence-electron chi connectivity index (χ2n) is 11.8. The molecule has 1 N–H and O–H groups in total. The van der Waals surface area contributed by atoms with E-state index < -0.39 is 11.7 Å². The minimum Gasteiger partial charge on any atom is -0.493 e. The molecule has 11 nitrogen and oxygen atoms in total. The standard InChI is InChI=1S/C33H39N7O4/c1-33(2,3)44-32(41)34-22-16-17-40(20-22)30-19-25(21-12-13-26(42-6)27(18-21)43-7)36-28(37-30)14-15-29-35-24-11-9-8-10-23(24)31(38-29)39(4)5/h8-15,18-19,22H,16-17,20H2,1-7H3,(H,34,41)/b15-14+. The van der Waals surface area contributed by atoms with Crippen LogP contribution in [0.3, 0.4) is 0 Å². The quantitative estimate of drug-likeness (QED) is 0.281. The lowest BCUT2D eigenvalue weighted by molar-refractivity contribution is 0.0509. The Morgan fingerprint density at radius 2 is 1.68 bits per heavy atom. The lowest BCUT2D eigenvalue weighted by atomic mass is 10.1. The molecular weight excluding hydrogens is 558 g/mol. The maximum Gasteiger partial charge on any atom is 0.407 e. The third-order valence-corrected chi connectivity index (χ3v) is 7.05. The van der Waals surface area contributed by atoms with E-state index in [9.17, 15) is 4.79 Å². The Hall–Kier alpha value is -4.93. The fourth-order valence-corrected chi connectivity index (χ4v) is 5.03.